The molecule has 0 aromatic heterocycles. The van der Waals surface area contributed by atoms with E-state index >= 15 is 0 Å². The third-order valence-corrected chi connectivity index (χ3v) is 5.22. The van der Waals surface area contributed by atoms with Gasteiger partial charge in [0.1, 0.15) is 12.4 Å². The summed E-state index contributed by atoms with van der Waals surface area (Å²) in [5, 5.41) is 8.49. The second kappa shape index (κ2) is 9.21. The summed E-state index contributed by atoms with van der Waals surface area (Å²) in [4.78, 5) is 22.4. The Kier molecular flexibility index (Phi) is 7.28. The summed E-state index contributed by atoms with van der Waals surface area (Å²) in [7, 11) is 0. The Labute approximate surface area is 139 Å². The van der Waals surface area contributed by atoms with Gasteiger partial charge in [0.05, 0.1) is 0 Å². The zero-order chi connectivity index (χ0) is 16.7. The molecule has 23 heavy (non-hydrogen) atoms. The highest BCUT2D eigenvalue weighted by atomic mass is 16.5. The quantitative estimate of drug-likeness (QED) is 0.438. The molecule has 2 aliphatic carbocycles. The zero-order valence-corrected chi connectivity index (χ0v) is 14.2. The van der Waals surface area contributed by atoms with E-state index in [0.29, 0.717) is 30.1 Å². The Balaban J connectivity index is 1.61. The van der Waals surface area contributed by atoms with Crippen molar-refractivity contribution >= 4 is 11.8 Å². The number of ketones is 1. The van der Waals surface area contributed by atoms with Crippen LogP contribution < -0.4 is 0 Å². The molecule has 2 rings (SSSR count). The predicted octanol–water partition coefficient (Wildman–Crippen LogP) is 3.85. The Bertz CT molecular complexity index is 429. The Morgan fingerprint density at radius 1 is 1.30 bits per heavy atom. The molecule has 2 aliphatic rings. The maximum atomic E-state index is 12.1. The molecule has 1 N–H and O–H groups in total. The Morgan fingerprint density at radius 3 is 2.87 bits per heavy atom. The molecule has 0 aliphatic heterocycles. The first kappa shape index (κ1) is 18.2. The summed E-state index contributed by atoms with van der Waals surface area (Å²) in [6.07, 6.45) is 13.2. The fourth-order valence-electron chi connectivity index (χ4n) is 3.98. The molecule has 4 heteroatoms. The van der Waals surface area contributed by atoms with E-state index in [-0.39, 0.29) is 12.5 Å². The molecule has 2 fully saturated rings. The number of carboxylic acids is 1. The number of allylic oxidation sites excluding steroid dienone is 2. The van der Waals surface area contributed by atoms with Crippen LogP contribution >= 0.6 is 0 Å². The third-order valence-electron chi connectivity index (χ3n) is 5.22. The summed E-state index contributed by atoms with van der Waals surface area (Å²) in [5.41, 5.74) is 0. The van der Waals surface area contributed by atoms with Crippen LogP contribution in [0.4, 0.5) is 0 Å². The molecule has 4 unspecified atom stereocenters. The third kappa shape index (κ3) is 5.45. The highest BCUT2D eigenvalue weighted by Gasteiger charge is 2.59. The van der Waals surface area contributed by atoms with Crippen LogP contribution in [-0.4, -0.2) is 30.1 Å². The minimum atomic E-state index is -0.926. The van der Waals surface area contributed by atoms with Gasteiger partial charge in [0.15, 0.2) is 0 Å². The van der Waals surface area contributed by atoms with E-state index in [2.05, 4.69) is 19.1 Å². The molecule has 0 aromatic carbocycles. The lowest BCUT2D eigenvalue weighted by Crippen LogP contribution is -2.14. The molecular formula is C19H30O4. The summed E-state index contributed by atoms with van der Waals surface area (Å²) < 4.78 is 5.03. The minimum Gasteiger partial charge on any atom is -0.480 e. The second-order valence-corrected chi connectivity index (χ2v) is 6.96. The fourth-order valence-corrected chi connectivity index (χ4v) is 3.98. The van der Waals surface area contributed by atoms with Gasteiger partial charge in [0.25, 0.3) is 0 Å². The monoisotopic (exact) mass is 322 g/mol. The number of Topliss-reactive ketones (excluding diaryl/α,β-unsaturated/α-hetero) is 1. The van der Waals surface area contributed by atoms with Gasteiger partial charge in [-0.3, -0.25) is 4.79 Å². The average Bonchev–Trinajstić information content (AvgIpc) is 3.06. The molecule has 0 amide bonds. The second-order valence-electron chi connectivity index (χ2n) is 6.96. The van der Waals surface area contributed by atoms with Crippen molar-refractivity contribution in [1.29, 1.82) is 0 Å². The maximum Gasteiger partial charge on any atom is 0.329 e. The van der Waals surface area contributed by atoms with Crippen molar-refractivity contribution in [2.75, 3.05) is 13.2 Å². The van der Waals surface area contributed by atoms with Gasteiger partial charge in [-0.15, -0.1) is 0 Å². The van der Waals surface area contributed by atoms with Crippen LogP contribution in [0, 0.1) is 23.7 Å². The van der Waals surface area contributed by atoms with Crippen LogP contribution in [-0.2, 0) is 14.3 Å². The molecule has 0 aromatic rings. The van der Waals surface area contributed by atoms with Gasteiger partial charge in [0, 0.05) is 18.9 Å². The number of rotatable bonds is 12. The standard InChI is InChI=1S/C19H30O4/c1-2-3-4-5-6-9-14-16-12-17(20)15(19(14)16)10-7-8-11-23-13-18(21)22/h6,9,14-16,19H,2-5,7-8,10-13H2,1H3,(H,21,22). The number of carbonyl (C=O) groups excluding carboxylic acids is 1. The smallest absolute Gasteiger partial charge is 0.329 e. The van der Waals surface area contributed by atoms with Gasteiger partial charge in [0.2, 0.25) is 0 Å². The topological polar surface area (TPSA) is 63.6 Å². The van der Waals surface area contributed by atoms with E-state index in [1.807, 2.05) is 0 Å². The van der Waals surface area contributed by atoms with Crippen molar-refractivity contribution < 1.29 is 19.4 Å². The van der Waals surface area contributed by atoms with E-state index in [0.717, 1.165) is 25.7 Å². The molecule has 130 valence electrons. The van der Waals surface area contributed by atoms with Gasteiger partial charge < -0.3 is 9.84 Å². The fraction of sp³-hybridized carbons (Fsp3) is 0.789. The molecule has 0 saturated heterocycles. The number of aliphatic carboxylic acids is 1. The van der Waals surface area contributed by atoms with E-state index in [9.17, 15) is 9.59 Å². The molecule has 0 spiro atoms. The van der Waals surface area contributed by atoms with Gasteiger partial charge in [-0.25, -0.2) is 4.79 Å². The predicted molar refractivity (Wildman–Crippen MR) is 89.2 cm³/mol. The summed E-state index contributed by atoms with van der Waals surface area (Å²) in [5.74, 6) is 1.60. The first-order chi connectivity index (χ1) is 11.1. The summed E-state index contributed by atoms with van der Waals surface area (Å²) in [6.45, 7) is 2.47. The summed E-state index contributed by atoms with van der Waals surface area (Å²) in [6, 6.07) is 0. The molecule has 2 saturated carbocycles. The molecule has 4 atom stereocenters. The van der Waals surface area contributed by atoms with E-state index in [1.165, 1.54) is 25.7 Å². The zero-order valence-electron chi connectivity index (χ0n) is 14.2. The molecule has 0 heterocycles. The number of carboxylic acid groups (broad SMARTS) is 1. The van der Waals surface area contributed by atoms with Crippen molar-refractivity contribution in [2.45, 2.75) is 58.3 Å². The SMILES string of the molecule is CCCCCC=CC1C2CC(=O)C(CCCCOCC(=O)O)C12. The maximum absolute atomic E-state index is 12.1. The van der Waals surface area contributed by atoms with Crippen molar-refractivity contribution in [3.63, 3.8) is 0 Å². The number of fused-ring (bicyclic) bond motifs is 1. The number of hydrogen-bond acceptors (Lipinski definition) is 3. The lowest BCUT2D eigenvalue weighted by molar-refractivity contribution is -0.142. The number of hydrogen-bond donors (Lipinski definition) is 1. The highest BCUT2D eigenvalue weighted by molar-refractivity contribution is 5.85. The molecule has 0 bridgehead atoms. The van der Waals surface area contributed by atoms with Gasteiger partial charge in [-0.05, 0) is 43.4 Å². The molecule has 4 nitrogen and oxygen atoms in total. The van der Waals surface area contributed by atoms with Crippen molar-refractivity contribution in [3.05, 3.63) is 12.2 Å². The normalized spacial score (nSPS) is 29.2. The highest BCUT2D eigenvalue weighted by Crippen LogP contribution is 2.60. The first-order valence-electron chi connectivity index (χ1n) is 9.14. The van der Waals surface area contributed by atoms with Gasteiger partial charge in [-0.1, -0.05) is 38.3 Å². The first-order valence-corrected chi connectivity index (χ1v) is 9.14. The number of carbonyl (C=O) groups is 2. The van der Waals surface area contributed by atoms with Crippen LogP contribution in [0.25, 0.3) is 0 Å². The number of ether oxygens (including phenoxy) is 1. The van der Waals surface area contributed by atoms with Crippen LogP contribution in [0.2, 0.25) is 0 Å². The van der Waals surface area contributed by atoms with E-state index in [4.69, 9.17) is 9.84 Å². The van der Waals surface area contributed by atoms with Crippen molar-refractivity contribution in [2.24, 2.45) is 23.7 Å². The number of unbranched alkanes of at least 4 members (excludes halogenated alkanes) is 4. The average molecular weight is 322 g/mol. The van der Waals surface area contributed by atoms with Gasteiger partial charge in [-0.2, -0.15) is 0 Å². The van der Waals surface area contributed by atoms with Crippen molar-refractivity contribution in [3.8, 4) is 0 Å². The largest absolute Gasteiger partial charge is 0.480 e. The van der Waals surface area contributed by atoms with E-state index < -0.39 is 5.97 Å². The molecule has 0 radical (unpaired) electrons. The van der Waals surface area contributed by atoms with Crippen LogP contribution in [0.1, 0.15) is 58.3 Å². The van der Waals surface area contributed by atoms with Crippen LogP contribution in [0.3, 0.4) is 0 Å². The lowest BCUT2D eigenvalue weighted by Gasteiger charge is -2.12. The summed E-state index contributed by atoms with van der Waals surface area (Å²) >= 11 is 0. The van der Waals surface area contributed by atoms with Gasteiger partial charge >= 0.3 is 5.97 Å². The lowest BCUT2D eigenvalue weighted by atomic mass is 9.93. The molecular weight excluding hydrogens is 292 g/mol. The Hall–Kier alpha value is -1.16. The van der Waals surface area contributed by atoms with Crippen LogP contribution in [0.15, 0.2) is 12.2 Å². The van der Waals surface area contributed by atoms with Crippen molar-refractivity contribution in [1.82, 2.24) is 0 Å². The Morgan fingerprint density at radius 2 is 2.13 bits per heavy atom. The minimum absolute atomic E-state index is 0.224. The van der Waals surface area contributed by atoms with E-state index in [1.54, 1.807) is 0 Å². The van der Waals surface area contributed by atoms with Crippen LogP contribution in [0.5, 0.6) is 0 Å².